The van der Waals surface area contributed by atoms with Gasteiger partial charge in [0.05, 0.1) is 9.79 Å². The lowest BCUT2D eigenvalue weighted by atomic mass is 10.1. The summed E-state index contributed by atoms with van der Waals surface area (Å²) in [6, 6.07) is 4.87. The number of piperazine rings is 1. The third kappa shape index (κ3) is 4.27. The average Bonchev–Trinajstić information content (AvgIpc) is 2.62. The molecule has 6 nitrogen and oxygen atoms in total. The Kier molecular flexibility index (Phi) is 6.03. The molecule has 0 saturated carbocycles. The van der Waals surface area contributed by atoms with Gasteiger partial charge in [0.25, 0.3) is 0 Å². The maximum Gasteiger partial charge on any atom is 0.243 e. The molecule has 9 heteroatoms. The molecule has 0 N–H and O–H groups in total. The Hall–Kier alpha value is -0.610. The van der Waals surface area contributed by atoms with Crippen LogP contribution in [0.15, 0.2) is 28.0 Å². The van der Waals surface area contributed by atoms with Crippen molar-refractivity contribution >= 4 is 31.6 Å². The van der Waals surface area contributed by atoms with Crippen LogP contribution in [0, 0.1) is 6.92 Å². The van der Waals surface area contributed by atoms with Gasteiger partial charge in [0.1, 0.15) is 0 Å². The molecule has 2 saturated heterocycles. The Morgan fingerprint density at radius 2 is 1.77 bits per heavy atom. The van der Waals surface area contributed by atoms with Crippen LogP contribution >= 0.6 is 11.8 Å². The molecule has 0 amide bonds. The van der Waals surface area contributed by atoms with Crippen molar-refractivity contribution in [1.82, 2.24) is 9.21 Å². The van der Waals surface area contributed by atoms with E-state index in [1.54, 1.807) is 13.0 Å². The molecule has 0 aliphatic carbocycles. The first-order valence-electron chi connectivity index (χ1n) is 8.82. The van der Waals surface area contributed by atoms with Crippen LogP contribution in [-0.4, -0.2) is 76.0 Å². The summed E-state index contributed by atoms with van der Waals surface area (Å²) in [6.07, 6.45) is 3.51. The highest BCUT2D eigenvalue weighted by Crippen LogP contribution is 2.27. The van der Waals surface area contributed by atoms with E-state index in [4.69, 9.17) is 0 Å². The second kappa shape index (κ2) is 7.79. The van der Waals surface area contributed by atoms with E-state index >= 15 is 0 Å². The largest absolute Gasteiger partial charge is 0.297 e. The normalized spacial score (nSPS) is 23.8. The number of nitrogens with zero attached hydrogens (tertiary/aromatic N) is 2. The van der Waals surface area contributed by atoms with Gasteiger partial charge in [-0.3, -0.25) is 4.90 Å². The molecule has 146 valence electrons. The molecule has 2 heterocycles. The van der Waals surface area contributed by atoms with Gasteiger partial charge in [0.15, 0.2) is 9.84 Å². The molecule has 1 atom stereocenters. The molecule has 0 radical (unpaired) electrons. The van der Waals surface area contributed by atoms with Crippen molar-refractivity contribution in [3.63, 3.8) is 0 Å². The first kappa shape index (κ1) is 20.1. The fourth-order valence-electron chi connectivity index (χ4n) is 3.55. The van der Waals surface area contributed by atoms with Gasteiger partial charge < -0.3 is 0 Å². The number of hydrogen-bond acceptors (Lipinski definition) is 6. The summed E-state index contributed by atoms with van der Waals surface area (Å²) in [6.45, 7) is 4.07. The van der Waals surface area contributed by atoms with Crippen LogP contribution in [0.5, 0.6) is 0 Å². The summed E-state index contributed by atoms with van der Waals surface area (Å²) in [5, 5.41) is 0. The van der Waals surface area contributed by atoms with Crippen molar-refractivity contribution < 1.29 is 16.8 Å². The number of thioether (sulfide) groups is 1. The van der Waals surface area contributed by atoms with Gasteiger partial charge in [-0.15, -0.1) is 0 Å². The molecule has 1 aromatic carbocycles. The van der Waals surface area contributed by atoms with Gasteiger partial charge in [-0.25, -0.2) is 16.8 Å². The Bertz CT molecular complexity index is 854. The van der Waals surface area contributed by atoms with Crippen LogP contribution in [0.4, 0.5) is 0 Å². The summed E-state index contributed by atoms with van der Waals surface area (Å²) in [5.74, 6) is 2.35. The van der Waals surface area contributed by atoms with Crippen LogP contribution in [0.2, 0.25) is 0 Å². The monoisotopic (exact) mass is 418 g/mol. The van der Waals surface area contributed by atoms with Crippen molar-refractivity contribution in [2.24, 2.45) is 0 Å². The van der Waals surface area contributed by atoms with Crippen molar-refractivity contribution in [2.45, 2.75) is 35.6 Å². The molecule has 2 fully saturated rings. The lowest BCUT2D eigenvalue weighted by Gasteiger charge is -2.40. The first-order valence-corrected chi connectivity index (χ1v) is 13.3. The maximum absolute atomic E-state index is 13.1. The summed E-state index contributed by atoms with van der Waals surface area (Å²) >= 11 is 1.98. The van der Waals surface area contributed by atoms with Crippen LogP contribution < -0.4 is 0 Å². The molecule has 26 heavy (non-hydrogen) atoms. The molecular formula is C17H26N2O4S3. The summed E-state index contributed by atoms with van der Waals surface area (Å²) < 4.78 is 51.3. The Balaban J connectivity index is 1.77. The van der Waals surface area contributed by atoms with Gasteiger partial charge in [-0.2, -0.15) is 16.1 Å². The Morgan fingerprint density at radius 3 is 2.35 bits per heavy atom. The highest BCUT2D eigenvalue weighted by molar-refractivity contribution is 7.99. The van der Waals surface area contributed by atoms with Crippen molar-refractivity contribution in [3.05, 3.63) is 23.8 Å². The minimum Gasteiger partial charge on any atom is -0.297 e. The van der Waals surface area contributed by atoms with Crippen LogP contribution in [0.25, 0.3) is 0 Å². The molecular weight excluding hydrogens is 392 g/mol. The van der Waals surface area contributed by atoms with Crippen LogP contribution in [0.3, 0.4) is 0 Å². The predicted molar refractivity (Wildman–Crippen MR) is 105 cm³/mol. The molecule has 3 rings (SSSR count). The topological polar surface area (TPSA) is 74.8 Å². The van der Waals surface area contributed by atoms with Gasteiger partial charge in [0, 0.05) is 44.2 Å². The molecule has 2 aliphatic rings. The van der Waals surface area contributed by atoms with E-state index < -0.39 is 19.9 Å². The standard InChI is InChI=1S/C17H26N2O4S3/c1-14-5-6-16(25(2,20)21)12-17(14)26(22,23)19-9-7-18(8-10-19)15-4-3-11-24-13-15/h5-6,12,15H,3-4,7-11,13H2,1-2H3/t15-/m1/s1. The molecule has 0 bridgehead atoms. The molecule has 0 aromatic heterocycles. The smallest absolute Gasteiger partial charge is 0.243 e. The van der Waals surface area contributed by atoms with Crippen molar-refractivity contribution in [2.75, 3.05) is 43.9 Å². The predicted octanol–water partition coefficient (Wildman–Crippen LogP) is 1.60. The fourth-order valence-corrected chi connectivity index (χ4v) is 7.13. The summed E-state index contributed by atoms with van der Waals surface area (Å²) in [5.41, 5.74) is 0.573. The molecule has 0 spiro atoms. The number of rotatable bonds is 4. The Labute approximate surface area is 160 Å². The third-order valence-corrected chi connectivity index (χ3v) is 9.48. The number of sulfone groups is 1. The first-order chi connectivity index (χ1) is 12.2. The molecule has 1 aromatic rings. The van der Waals surface area contributed by atoms with Crippen LogP contribution in [-0.2, 0) is 19.9 Å². The van der Waals surface area contributed by atoms with Gasteiger partial charge in [-0.05, 0) is 43.2 Å². The lowest BCUT2D eigenvalue weighted by Crippen LogP contribution is -2.53. The van der Waals surface area contributed by atoms with Gasteiger partial charge in [0.2, 0.25) is 10.0 Å². The SMILES string of the molecule is Cc1ccc(S(C)(=O)=O)cc1S(=O)(=O)N1CCN([C@@H]2CCCSC2)CC1. The van der Waals surface area contributed by atoms with E-state index in [2.05, 4.69) is 4.90 Å². The lowest BCUT2D eigenvalue weighted by molar-refractivity contribution is 0.140. The zero-order chi connectivity index (χ0) is 18.9. The average molecular weight is 419 g/mol. The van der Waals surface area contributed by atoms with Gasteiger partial charge in [-0.1, -0.05) is 6.07 Å². The minimum atomic E-state index is -3.69. The third-order valence-electron chi connectivity index (χ3n) is 5.13. The van der Waals surface area contributed by atoms with E-state index in [1.807, 2.05) is 11.8 Å². The second-order valence-electron chi connectivity index (χ2n) is 7.01. The summed E-state index contributed by atoms with van der Waals surface area (Å²) in [4.78, 5) is 2.54. The van der Waals surface area contributed by atoms with Gasteiger partial charge >= 0.3 is 0 Å². The van der Waals surface area contributed by atoms with Crippen molar-refractivity contribution in [1.29, 1.82) is 0 Å². The number of hydrogen-bond donors (Lipinski definition) is 0. The quantitative estimate of drug-likeness (QED) is 0.739. The van der Waals surface area contributed by atoms with E-state index in [0.29, 0.717) is 24.7 Å². The van der Waals surface area contributed by atoms with E-state index in [0.717, 1.165) is 25.1 Å². The van der Waals surface area contributed by atoms with Crippen LogP contribution in [0.1, 0.15) is 18.4 Å². The van der Waals surface area contributed by atoms with E-state index in [9.17, 15) is 16.8 Å². The second-order valence-corrected chi connectivity index (χ2v) is 12.1. The zero-order valence-electron chi connectivity index (χ0n) is 15.2. The number of sulfonamides is 1. The Morgan fingerprint density at radius 1 is 1.08 bits per heavy atom. The number of benzene rings is 1. The zero-order valence-corrected chi connectivity index (χ0v) is 17.7. The highest BCUT2D eigenvalue weighted by atomic mass is 32.2. The molecule has 2 aliphatic heterocycles. The highest BCUT2D eigenvalue weighted by Gasteiger charge is 2.32. The summed E-state index contributed by atoms with van der Waals surface area (Å²) in [7, 11) is -7.14. The van der Waals surface area contributed by atoms with Crippen molar-refractivity contribution in [3.8, 4) is 0 Å². The van der Waals surface area contributed by atoms with E-state index in [-0.39, 0.29) is 9.79 Å². The minimum absolute atomic E-state index is 0.0412. The molecule has 0 unspecified atom stereocenters. The number of aryl methyl sites for hydroxylation is 1. The fraction of sp³-hybridized carbons (Fsp3) is 0.647. The van der Waals surface area contributed by atoms with E-state index in [1.165, 1.54) is 35.0 Å². The maximum atomic E-state index is 13.1.